The van der Waals surface area contributed by atoms with Crippen LogP contribution in [0, 0.1) is 0 Å². The number of benzene rings is 1. The zero-order valence-corrected chi connectivity index (χ0v) is 17.3. The SMILES string of the molecule is C=CCn1c(SCC(=O)Nc2ccc3c(c2)OCCCO3)nnc1-c1cccs1. The van der Waals surface area contributed by atoms with E-state index in [1.807, 2.05) is 34.2 Å². The summed E-state index contributed by atoms with van der Waals surface area (Å²) >= 11 is 2.94. The van der Waals surface area contributed by atoms with Gasteiger partial charge in [0.1, 0.15) is 0 Å². The van der Waals surface area contributed by atoms with Gasteiger partial charge in [-0.15, -0.1) is 28.1 Å². The molecule has 29 heavy (non-hydrogen) atoms. The first-order valence-corrected chi connectivity index (χ1v) is 11.0. The van der Waals surface area contributed by atoms with Gasteiger partial charge in [0.15, 0.2) is 22.5 Å². The van der Waals surface area contributed by atoms with Gasteiger partial charge in [0.25, 0.3) is 0 Å². The number of allylic oxidation sites excluding steroid dienone is 1. The number of anilines is 1. The van der Waals surface area contributed by atoms with Gasteiger partial charge < -0.3 is 14.8 Å². The van der Waals surface area contributed by atoms with Gasteiger partial charge in [-0.25, -0.2) is 0 Å². The number of carbonyl (C=O) groups is 1. The number of amides is 1. The highest BCUT2D eigenvalue weighted by molar-refractivity contribution is 7.99. The Morgan fingerprint density at radius 1 is 1.28 bits per heavy atom. The highest BCUT2D eigenvalue weighted by atomic mass is 32.2. The second-order valence-electron chi connectivity index (χ2n) is 6.23. The van der Waals surface area contributed by atoms with Crippen LogP contribution in [0.4, 0.5) is 5.69 Å². The molecule has 7 nitrogen and oxygen atoms in total. The van der Waals surface area contributed by atoms with Gasteiger partial charge in [0.2, 0.25) is 5.91 Å². The molecule has 3 heterocycles. The summed E-state index contributed by atoms with van der Waals surface area (Å²) in [7, 11) is 0. The van der Waals surface area contributed by atoms with Crippen molar-refractivity contribution in [2.75, 3.05) is 24.3 Å². The van der Waals surface area contributed by atoms with Crippen molar-refractivity contribution in [1.29, 1.82) is 0 Å². The summed E-state index contributed by atoms with van der Waals surface area (Å²) in [5, 5.41) is 14.1. The predicted octanol–water partition coefficient (Wildman–Crippen LogP) is 4.08. The summed E-state index contributed by atoms with van der Waals surface area (Å²) in [4.78, 5) is 13.5. The first kappa shape index (κ1) is 19.5. The second-order valence-corrected chi connectivity index (χ2v) is 8.12. The minimum Gasteiger partial charge on any atom is -0.490 e. The average Bonchev–Trinajstić information content (AvgIpc) is 3.32. The van der Waals surface area contributed by atoms with Crippen molar-refractivity contribution in [3.63, 3.8) is 0 Å². The zero-order chi connectivity index (χ0) is 20.1. The van der Waals surface area contributed by atoms with Crippen LogP contribution in [0.3, 0.4) is 0 Å². The first-order valence-electron chi connectivity index (χ1n) is 9.15. The first-order chi connectivity index (χ1) is 14.2. The van der Waals surface area contributed by atoms with E-state index in [-0.39, 0.29) is 11.7 Å². The monoisotopic (exact) mass is 428 g/mol. The van der Waals surface area contributed by atoms with E-state index < -0.39 is 0 Å². The van der Waals surface area contributed by atoms with Gasteiger partial charge in [0, 0.05) is 24.7 Å². The fraction of sp³-hybridized carbons (Fsp3) is 0.250. The lowest BCUT2D eigenvalue weighted by Crippen LogP contribution is -2.14. The highest BCUT2D eigenvalue weighted by Gasteiger charge is 2.16. The van der Waals surface area contributed by atoms with E-state index in [9.17, 15) is 4.79 Å². The van der Waals surface area contributed by atoms with Gasteiger partial charge in [-0.05, 0) is 23.6 Å². The molecule has 0 aliphatic carbocycles. The van der Waals surface area contributed by atoms with Crippen molar-refractivity contribution in [1.82, 2.24) is 14.8 Å². The minimum atomic E-state index is -0.129. The number of aromatic nitrogens is 3. The summed E-state index contributed by atoms with van der Waals surface area (Å²) in [6.07, 6.45) is 2.63. The molecular weight excluding hydrogens is 408 g/mol. The summed E-state index contributed by atoms with van der Waals surface area (Å²) in [5.74, 6) is 2.22. The number of hydrogen-bond acceptors (Lipinski definition) is 7. The molecular formula is C20H20N4O3S2. The quantitative estimate of drug-likeness (QED) is 0.451. The maximum absolute atomic E-state index is 12.4. The molecule has 2 aromatic heterocycles. The van der Waals surface area contributed by atoms with Crippen LogP contribution in [-0.2, 0) is 11.3 Å². The largest absolute Gasteiger partial charge is 0.490 e. The summed E-state index contributed by atoms with van der Waals surface area (Å²) in [6, 6.07) is 9.39. The lowest BCUT2D eigenvalue weighted by atomic mass is 10.2. The minimum absolute atomic E-state index is 0.129. The van der Waals surface area contributed by atoms with E-state index in [0.717, 1.165) is 17.1 Å². The molecule has 3 aromatic rings. The maximum Gasteiger partial charge on any atom is 0.234 e. The number of carbonyl (C=O) groups excluding carboxylic acids is 1. The van der Waals surface area contributed by atoms with Crippen molar-refractivity contribution in [2.45, 2.75) is 18.1 Å². The van der Waals surface area contributed by atoms with E-state index in [1.54, 1.807) is 23.5 Å². The van der Waals surface area contributed by atoms with Crippen molar-refractivity contribution in [3.05, 3.63) is 48.4 Å². The van der Waals surface area contributed by atoms with Crippen LogP contribution in [-0.4, -0.2) is 39.6 Å². The third kappa shape index (κ3) is 4.63. The Bertz CT molecular complexity index is 1000. The Labute approximate surface area is 176 Å². The van der Waals surface area contributed by atoms with Gasteiger partial charge in [0.05, 0.1) is 23.8 Å². The number of fused-ring (bicyclic) bond motifs is 1. The number of nitrogens with one attached hydrogen (secondary N) is 1. The third-order valence-electron chi connectivity index (χ3n) is 4.13. The van der Waals surface area contributed by atoms with Gasteiger partial charge in [-0.3, -0.25) is 9.36 Å². The van der Waals surface area contributed by atoms with E-state index >= 15 is 0 Å². The van der Waals surface area contributed by atoms with Crippen LogP contribution < -0.4 is 14.8 Å². The number of ether oxygens (including phenoxy) is 2. The van der Waals surface area contributed by atoms with E-state index in [1.165, 1.54) is 11.8 Å². The van der Waals surface area contributed by atoms with Crippen molar-refractivity contribution >= 4 is 34.7 Å². The van der Waals surface area contributed by atoms with E-state index in [4.69, 9.17) is 9.47 Å². The van der Waals surface area contributed by atoms with Crippen molar-refractivity contribution in [2.24, 2.45) is 0 Å². The number of nitrogens with zero attached hydrogens (tertiary/aromatic N) is 3. The number of hydrogen-bond donors (Lipinski definition) is 1. The standard InChI is InChI=1S/C20H20N4O3S2/c1-2-8-24-19(17-5-3-11-28-17)22-23-20(24)29-13-18(25)21-14-6-7-15-16(12-14)27-10-4-9-26-15/h2-3,5-7,11-12H,1,4,8-10,13H2,(H,21,25). The normalized spacial score (nSPS) is 13.0. The molecule has 0 spiro atoms. The lowest BCUT2D eigenvalue weighted by Gasteiger charge is -2.10. The highest BCUT2D eigenvalue weighted by Crippen LogP contribution is 2.32. The van der Waals surface area contributed by atoms with Gasteiger partial charge in [-0.1, -0.05) is 23.9 Å². The fourth-order valence-corrected chi connectivity index (χ4v) is 4.31. The number of thioether (sulfide) groups is 1. The molecule has 0 atom stereocenters. The Morgan fingerprint density at radius 3 is 2.93 bits per heavy atom. The molecule has 0 radical (unpaired) electrons. The molecule has 4 rings (SSSR count). The van der Waals surface area contributed by atoms with E-state index in [2.05, 4.69) is 22.1 Å². The molecule has 9 heteroatoms. The van der Waals surface area contributed by atoms with Gasteiger partial charge >= 0.3 is 0 Å². The zero-order valence-electron chi connectivity index (χ0n) is 15.7. The van der Waals surface area contributed by atoms with Crippen molar-refractivity contribution < 1.29 is 14.3 Å². The molecule has 150 valence electrons. The molecule has 1 aliphatic rings. The molecule has 1 amide bonds. The van der Waals surface area contributed by atoms with Crippen LogP contribution in [0.15, 0.2) is 53.5 Å². The Hall–Kier alpha value is -2.78. The fourth-order valence-electron chi connectivity index (χ4n) is 2.85. The Morgan fingerprint density at radius 2 is 2.14 bits per heavy atom. The number of thiophene rings is 1. The maximum atomic E-state index is 12.4. The van der Waals surface area contributed by atoms with Crippen LogP contribution >= 0.6 is 23.1 Å². The number of rotatable bonds is 7. The molecule has 1 N–H and O–H groups in total. The van der Waals surface area contributed by atoms with Gasteiger partial charge in [-0.2, -0.15) is 0 Å². The predicted molar refractivity (Wildman–Crippen MR) is 115 cm³/mol. The molecule has 0 fully saturated rings. The smallest absolute Gasteiger partial charge is 0.234 e. The Kier molecular flexibility index (Phi) is 6.16. The molecule has 0 bridgehead atoms. The summed E-state index contributed by atoms with van der Waals surface area (Å²) in [5.41, 5.74) is 0.673. The molecule has 1 aromatic carbocycles. The second kappa shape index (κ2) is 9.15. The lowest BCUT2D eigenvalue weighted by molar-refractivity contribution is -0.113. The van der Waals surface area contributed by atoms with Crippen LogP contribution in [0.2, 0.25) is 0 Å². The average molecular weight is 429 g/mol. The van der Waals surface area contributed by atoms with Crippen molar-refractivity contribution in [3.8, 4) is 22.2 Å². The van der Waals surface area contributed by atoms with Crippen LogP contribution in [0.5, 0.6) is 11.5 Å². The molecule has 1 aliphatic heterocycles. The Balaban J connectivity index is 1.41. The molecule has 0 saturated carbocycles. The topological polar surface area (TPSA) is 78.3 Å². The summed E-state index contributed by atoms with van der Waals surface area (Å²) < 4.78 is 13.2. The van der Waals surface area contributed by atoms with E-state index in [0.29, 0.717) is 42.1 Å². The van der Waals surface area contributed by atoms with Crippen LogP contribution in [0.25, 0.3) is 10.7 Å². The molecule has 0 saturated heterocycles. The third-order valence-corrected chi connectivity index (χ3v) is 5.97. The van der Waals surface area contributed by atoms with Crippen LogP contribution in [0.1, 0.15) is 6.42 Å². The molecule has 0 unspecified atom stereocenters. The summed E-state index contributed by atoms with van der Waals surface area (Å²) in [6.45, 7) is 5.62.